The first-order valence-electron chi connectivity index (χ1n) is 6.56. The third-order valence-electron chi connectivity index (χ3n) is 3.24. The second kappa shape index (κ2) is 8.78. The first-order valence-corrected chi connectivity index (χ1v) is 8.34. The van der Waals surface area contributed by atoms with Gasteiger partial charge in [0.25, 0.3) is 5.22 Å². The molecule has 2 aromatic rings. The molecule has 1 aromatic heterocycles. The van der Waals surface area contributed by atoms with Gasteiger partial charge in [0.15, 0.2) is 0 Å². The summed E-state index contributed by atoms with van der Waals surface area (Å²) in [7, 11) is 0. The molecule has 2 N–H and O–H groups in total. The molecule has 4 nitrogen and oxygen atoms in total. The maximum absolute atomic E-state index is 6.08. The lowest BCUT2D eigenvalue weighted by Crippen LogP contribution is -2.18. The van der Waals surface area contributed by atoms with Gasteiger partial charge in [-0.2, -0.15) is 0 Å². The normalized spacial score (nSPS) is 13.5. The molecule has 7 heteroatoms. The predicted molar refractivity (Wildman–Crippen MR) is 91.6 cm³/mol. The Labute approximate surface area is 143 Å². The topological polar surface area (TPSA) is 64.9 Å². The zero-order chi connectivity index (χ0) is 14.5. The summed E-state index contributed by atoms with van der Waals surface area (Å²) in [5, 5.41) is 8.66. The Bertz CT molecular complexity index is 549. The first-order chi connectivity index (χ1) is 9.60. The minimum Gasteiger partial charge on any atom is -0.414 e. The molecule has 0 aliphatic rings. The van der Waals surface area contributed by atoms with Gasteiger partial charge >= 0.3 is 0 Å². The van der Waals surface area contributed by atoms with Crippen LogP contribution in [0, 0.1) is 5.92 Å². The van der Waals surface area contributed by atoms with Crippen LogP contribution < -0.4 is 5.73 Å². The Balaban J connectivity index is 0.00000220. The summed E-state index contributed by atoms with van der Waals surface area (Å²) in [4.78, 5) is 0. The Kier molecular flexibility index (Phi) is 7.73. The fourth-order valence-corrected chi connectivity index (χ4v) is 2.63. The summed E-state index contributed by atoms with van der Waals surface area (Å²) in [5.41, 5.74) is 7.29. The molecule has 1 aromatic carbocycles. The third-order valence-corrected chi connectivity index (χ3v) is 4.66. The van der Waals surface area contributed by atoms with E-state index in [1.54, 1.807) is 0 Å². The van der Waals surface area contributed by atoms with Gasteiger partial charge in [-0.3, -0.25) is 0 Å². The van der Waals surface area contributed by atoms with E-state index < -0.39 is 0 Å². The van der Waals surface area contributed by atoms with Crippen LogP contribution in [0.5, 0.6) is 0 Å². The number of aromatic nitrogens is 2. The average Bonchev–Trinajstić information content (AvgIpc) is 2.94. The molecule has 0 radical (unpaired) electrons. The van der Waals surface area contributed by atoms with E-state index in [9.17, 15) is 0 Å². The van der Waals surface area contributed by atoms with Crippen molar-refractivity contribution in [1.29, 1.82) is 0 Å². The van der Waals surface area contributed by atoms with E-state index in [1.165, 1.54) is 17.3 Å². The molecule has 2 rings (SSSR count). The van der Waals surface area contributed by atoms with Crippen molar-refractivity contribution in [3.05, 3.63) is 40.2 Å². The van der Waals surface area contributed by atoms with Crippen molar-refractivity contribution in [2.24, 2.45) is 11.7 Å². The Hall–Kier alpha value is -0.560. The van der Waals surface area contributed by atoms with Gasteiger partial charge in [-0.15, -0.1) is 22.6 Å². The number of hydrogen-bond acceptors (Lipinski definition) is 5. The molecule has 2 unspecified atom stereocenters. The van der Waals surface area contributed by atoms with Gasteiger partial charge in [-0.05, 0) is 23.6 Å². The van der Waals surface area contributed by atoms with Gasteiger partial charge in [-0.1, -0.05) is 60.1 Å². The summed E-state index contributed by atoms with van der Waals surface area (Å²) in [6.45, 7) is 4.19. The standard InChI is InChI=1S/C14H18BrN3OS.ClH/c1-3-9(2)12(16)13-17-18-14(19-13)20-8-10-4-6-11(15)7-5-10;/h4-7,9,12H,3,8,16H2,1-2H3;1H. The lowest BCUT2D eigenvalue weighted by atomic mass is 10.0. The van der Waals surface area contributed by atoms with E-state index in [4.69, 9.17) is 10.2 Å². The highest BCUT2D eigenvalue weighted by Crippen LogP contribution is 2.26. The van der Waals surface area contributed by atoms with E-state index in [-0.39, 0.29) is 18.4 Å². The molecule has 0 fully saturated rings. The lowest BCUT2D eigenvalue weighted by molar-refractivity contribution is 0.333. The molecule has 1 heterocycles. The smallest absolute Gasteiger partial charge is 0.276 e. The number of thioether (sulfide) groups is 1. The minimum absolute atomic E-state index is 0. The molecule has 2 atom stereocenters. The van der Waals surface area contributed by atoms with Gasteiger partial charge in [0.1, 0.15) is 0 Å². The van der Waals surface area contributed by atoms with E-state index in [2.05, 4.69) is 52.1 Å². The largest absolute Gasteiger partial charge is 0.414 e. The molecule has 116 valence electrons. The predicted octanol–water partition coefficient (Wildman–Crippen LogP) is 4.59. The van der Waals surface area contributed by atoms with Crippen molar-refractivity contribution >= 4 is 40.1 Å². The maximum Gasteiger partial charge on any atom is 0.276 e. The van der Waals surface area contributed by atoms with Gasteiger partial charge in [0.05, 0.1) is 6.04 Å². The number of hydrogen-bond donors (Lipinski definition) is 1. The monoisotopic (exact) mass is 391 g/mol. The van der Waals surface area contributed by atoms with Crippen LogP contribution in [0.25, 0.3) is 0 Å². The second-order valence-corrected chi connectivity index (χ2v) is 6.57. The summed E-state index contributed by atoms with van der Waals surface area (Å²) >= 11 is 4.95. The highest BCUT2D eigenvalue weighted by Gasteiger charge is 2.19. The highest BCUT2D eigenvalue weighted by atomic mass is 79.9. The molecule has 21 heavy (non-hydrogen) atoms. The summed E-state index contributed by atoms with van der Waals surface area (Å²) in [6, 6.07) is 8.00. The summed E-state index contributed by atoms with van der Waals surface area (Å²) in [5.74, 6) is 1.66. The van der Waals surface area contributed by atoms with Crippen LogP contribution in [0.3, 0.4) is 0 Å². The van der Waals surface area contributed by atoms with Gasteiger partial charge in [-0.25, -0.2) is 0 Å². The molecule has 0 saturated carbocycles. The zero-order valence-corrected chi connectivity index (χ0v) is 15.2. The molecule has 0 saturated heterocycles. The van der Waals surface area contributed by atoms with E-state index in [1.807, 2.05) is 12.1 Å². The SMILES string of the molecule is CCC(C)C(N)c1nnc(SCc2ccc(Br)cc2)o1.Cl. The summed E-state index contributed by atoms with van der Waals surface area (Å²) < 4.78 is 6.70. The molecule has 0 bridgehead atoms. The maximum atomic E-state index is 6.08. The van der Waals surface area contributed by atoms with Crippen molar-refractivity contribution in [2.45, 2.75) is 37.3 Å². The van der Waals surface area contributed by atoms with Crippen molar-refractivity contribution in [2.75, 3.05) is 0 Å². The molecule has 0 amide bonds. The van der Waals surface area contributed by atoms with Crippen molar-refractivity contribution < 1.29 is 4.42 Å². The zero-order valence-electron chi connectivity index (χ0n) is 12.0. The number of benzene rings is 1. The van der Waals surface area contributed by atoms with Gasteiger partial charge < -0.3 is 10.2 Å². The summed E-state index contributed by atoms with van der Waals surface area (Å²) in [6.07, 6.45) is 0.991. The molecule has 0 spiro atoms. The van der Waals surface area contributed by atoms with Crippen molar-refractivity contribution in [3.8, 4) is 0 Å². The van der Waals surface area contributed by atoms with Crippen LogP contribution in [-0.2, 0) is 5.75 Å². The van der Waals surface area contributed by atoms with Crippen LogP contribution in [0.15, 0.2) is 38.4 Å². The van der Waals surface area contributed by atoms with Crippen LogP contribution >= 0.6 is 40.1 Å². The van der Waals surface area contributed by atoms with Crippen molar-refractivity contribution in [1.82, 2.24) is 10.2 Å². The van der Waals surface area contributed by atoms with Crippen LogP contribution in [-0.4, -0.2) is 10.2 Å². The third kappa shape index (κ3) is 5.29. The Morgan fingerprint density at radius 1 is 1.29 bits per heavy atom. The molecular weight excluding hydrogens is 374 g/mol. The number of rotatable bonds is 6. The van der Waals surface area contributed by atoms with E-state index in [0.717, 1.165) is 16.6 Å². The number of nitrogens with two attached hydrogens (primary N) is 1. The second-order valence-electron chi connectivity index (χ2n) is 4.73. The number of halogens is 2. The highest BCUT2D eigenvalue weighted by molar-refractivity contribution is 9.10. The van der Waals surface area contributed by atoms with E-state index in [0.29, 0.717) is 17.0 Å². The fraction of sp³-hybridized carbons (Fsp3) is 0.429. The minimum atomic E-state index is -0.186. The van der Waals surface area contributed by atoms with Crippen molar-refractivity contribution in [3.63, 3.8) is 0 Å². The van der Waals surface area contributed by atoms with Crippen LogP contribution in [0.2, 0.25) is 0 Å². The van der Waals surface area contributed by atoms with Gasteiger partial charge in [0, 0.05) is 10.2 Å². The lowest BCUT2D eigenvalue weighted by Gasteiger charge is -2.13. The number of nitrogens with zero attached hydrogens (tertiary/aromatic N) is 2. The van der Waals surface area contributed by atoms with E-state index >= 15 is 0 Å². The van der Waals surface area contributed by atoms with Gasteiger partial charge in [0.2, 0.25) is 5.89 Å². The molecule has 0 aliphatic carbocycles. The fourth-order valence-electron chi connectivity index (χ4n) is 1.64. The molecular formula is C14H19BrClN3OS. The molecule has 0 aliphatic heterocycles. The quantitative estimate of drug-likeness (QED) is 0.728. The Morgan fingerprint density at radius 2 is 1.95 bits per heavy atom. The average molecular weight is 393 g/mol. The van der Waals surface area contributed by atoms with Crippen LogP contribution in [0.1, 0.15) is 37.8 Å². The van der Waals surface area contributed by atoms with Crippen LogP contribution in [0.4, 0.5) is 0 Å². The Morgan fingerprint density at radius 3 is 2.57 bits per heavy atom. The first kappa shape index (κ1) is 18.5.